The summed E-state index contributed by atoms with van der Waals surface area (Å²) in [5.74, 6) is 0. The van der Waals surface area contributed by atoms with Gasteiger partial charge in [0, 0.05) is 0 Å². The minimum Gasteiger partial charge on any atom is -0.258 e. The molecule has 2 heterocycles. The summed E-state index contributed by atoms with van der Waals surface area (Å²) >= 11 is 5.46. The quantitative estimate of drug-likeness (QED) is 0.487. The Morgan fingerprint density at radius 2 is 2.00 bits per heavy atom. The van der Waals surface area contributed by atoms with E-state index in [1.807, 2.05) is 0 Å². The van der Waals surface area contributed by atoms with Gasteiger partial charge in [0.05, 0.1) is 17.3 Å². The maximum atomic E-state index is 12.5. The summed E-state index contributed by atoms with van der Waals surface area (Å²) in [6.45, 7) is 0. The molecule has 0 aliphatic carbocycles. The van der Waals surface area contributed by atoms with Gasteiger partial charge in [0.25, 0.3) is 6.43 Å². The molecule has 0 saturated heterocycles. The lowest BCUT2D eigenvalue weighted by Crippen LogP contribution is -1.98. The molecule has 10 heteroatoms. The summed E-state index contributed by atoms with van der Waals surface area (Å²) in [5, 5.41) is 14.0. The van der Waals surface area contributed by atoms with Crippen LogP contribution in [0.4, 0.5) is 14.5 Å². The van der Waals surface area contributed by atoms with Crippen LogP contribution in [0, 0.1) is 10.1 Å². The Balaban J connectivity index is 2.49. The highest BCUT2D eigenvalue weighted by molar-refractivity contribution is 6.28. The van der Waals surface area contributed by atoms with Crippen molar-refractivity contribution in [3.05, 3.63) is 39.7 Å². The van der Waals surface area contributed by atoms with Gasteiger partial charge in [0.1, 0.15) is 11.9 Å². The Labute approximate surface area is 103 Å². The first-order chi connectivity index (χ1) is 8.49. The lowest BCUT2D eigenvalue weighted by Gasteiger charge is -1.98. The minimum atomic E-state index is -3.04. The van der Waals surface area contributed by atoms with Crippen molar-refractivity contribution in [2.24, 2.45) is 0 Å². The van der Waals surface area contributed by atoms with Gasteiger partial charge >= 0.3 is 5.69 Å². The van der Waals surface area contributed by atoms with E-state index in [9.17, 15) is 18.9 Å². The van der Waals surface area contributed by atoms with Crippen molar-refractivity contribution in [2.45, 2.75) is 6.43 Å². The normalized spacial score (nSPS) is 10.9. The van der Waals surface area contributed by atoms with E-state index in [2.05, 4.69) is 15.1 Å². The fourth-order valence-electron chi connectivity index (χ4n) is 1.23. The molecule has 0 aliphatic heterocycles. The third kappa shape index (κ3) is 2.25. The fraction of sp³-hybridized carbons (Fsp3) is 0.125. The summed E-state index contributed by atoms with van der Waals surface area (Å²) in [7, 11) is 0. The summed E-state index contributed by atoms with van der Waals surface area (Å²) in [5.41, 5.74) is -1.48. The molecule has 2 aromatic rings. The first-order valence-electron chi connectivity index (χ1n) is 4.49. The summed E-state index contributed by atoms with van der Waals surface area (Å²) in [6.07, 6.45) is 0.247. The molecule has 7 nitrogen and oxygen atoms in total. The van der Waals surface area contributed by atoms with E-state index in [1.54, 1.807) is 0 Å². The van der Waals surface area contributed by atoms with E-state index in [1.165, 1.54) is 12.4 Å². The summed E-state index contributed by atoms with van der Waals surface area (Å²) in [4.78, 5) is 16.9. The van der Waals surface area contributed by atoms with Crippen LogP contribution in [-0.2, 0) is 0 Å². The number of nitrogens with zero attached hydrogens (tertiary/aromatic N) is 5. The number of hydrogen-bond donors (Lipinski definition) is 0. The van der Waals surface area contributed by atoms with Gasteiger partial charge < -0.3 is 0 Å². The number of alkyl halides is 2. The Morgan fingerprint density at radius 3 is 2.44 bits per heavy atom. The van der Waals surface area contributed by atoms with Crippen LogP contribution in [0.25, 0.3) is 5.69 Å². The zero-order chi connectivity index (χ0) is 13.3. The molecule has 0 bridgehead atoms. The topological polar surface area (TPSA) is 86.7 Å². The maximum Gasteiger partial charge on any atom is 0.316 e. The highest BCUT2D eigenvalue weighted by Gasteiger charge is 2.27. The second-order valence-corrected chi connectivity index (χ2v) is 3.45. The molecule has 0 fully saturated rings. The highest BCUT2D eigenvalue weighted by atomic mass is 35.5. The smallest absolute Gasteiger partial charge is 0.258 e. The van der Waals surface area contributed by atoms with Crippen LogP contribution >= 0.6 is 11.6 Å². The molecule has 94 valence electrons. The number of nitro groups is 1. The van der Waals surface area contributed by atoms with E-state index >= 15 is 0 Å². The van der Waals surface area contributed by atoms with Crippen LogP contribution in [0.15, 0.2) is 18.6 Å². The monoisotopic (exact) mass is 275 g/mol. The average Bonchev–Trinajstić information content (AvgIpc) is 2.75. The van der Waals surface area contributed by atoms with Crippen LogP contribution < -0.4 is 0 Å². The molecule has 2 rings (SSSR count). The van der Waals surface area contributed by atoms with Crippen LogP contribution in [0.1, 0.15) is 12.1 Å². The van der Waals surface area contributed by atoms with Crippen LogP contribution in [-0.4, -0.2) is 24.7 Å². The third-order valence-electron chi connectivity index (χ3n) is 2.00. The molecule has 0 spiro atoms. The largest absolute Gasteiger partial charge is 0.316 e. The van der Waals surface area contributed by atoms with Crippen LogP contribution in [0.5, 0.6) is 0 Å². The predicted molar refractivity (Wildman–Crippen MR) is 55.8 cm³/mol. The van der Waals surface area contributed by atoms with E-state index in [0.29, 0.717) is 0 Å². The van der Waals surface area contributed by atoms with Crippen molar-refractivity contribution in [3.8, 4) is 5.69 Å². The molecule has 0 radical (unpaired) electrons. The molecule has 0 N–H and O–H groups in total. The number of hydrogen-bond acceptors (Lipinski definition) is 5. The van der Waals surface area contributed by atoms with E-state index < -0.39 is 22.7 Å². The average molecular weight is 276 g/mol. The zero-order valence-electron chi connectivity index (χ0n) is 8.50. The second-order valence-electron chi connectivity index (χ2n) is 3.11. The molecule has 18 heavy (non-hydrogen) atoms. The molecule has 0 amide bonds. The van der Waals surface area contributed by atoms with Gasteiger partial charge in [-0.05, 0) is 11.6 Å². The Morgan fingerprint density at radius 1 is 1.39 bits per heavy atom. The molecule has 0 unspecified atom stereocenters. The van der Waals surface area contributed by atoms with E-state index in [0.717, 1.165) is 10.9 Å². The molecule has 2 aromatic heterocycles. The van der Waals surface area contributed by atoms with Crippen molar-refractivity contribution in [1.82, 2.24) is 19.7 Å². The Hall–Kier alpha value is -2.16. The van der Waals surface area contributed by atoms with Gasteiger partial charge in [-0.3, -0.25) is 10.1 Å². The zero-order valence-corrected chi connectivity index (χ0v) is 9.25. The number of aromatic nitrogens is 4. The van der Waals surface area contributed by atoms with Gasteiger partial charge in [0.15, 0.2) is 0 Å². The number of rotatable bonds is 3. The van der Waals surface area contributed by atoms with Crippen molar-refractivity contribution in [1.29, 1.82) is 0 Å². The van der Waals surface area contributed by atoms with Gasteiger partial charge in [-0.2, -0.15) is 5.10 Å². The number of halogens is 3. The second kappa shape index (κ2) is 4.61. The van der Waals surface area contributed by atoms with Crippen LogP contribution in [0.3, 0.4) is 0 Å². The van der Waals surface area contributed by atoms with E-state index in [4.69, 9.17) is 11.6 Å². The molecule has 0 atom stereocenters. The van der Waals surface area contributed by atoms with Gasteiger partial charge in [0.2, 0.25) is 11.0 Å². The standard InChI is InChI=1S/C8H4ClF2N5O2/c9-8-12-1-4(2-13-8)15-3-5(16(17)18)6(14-15)7(10)11/h1-3,7H. The Kier molecular flexibility index (Phi) is 3.15. The van der Waals surface area contributed by atoms with E-state index in [-0.39, 0.29) is 11.0 Å². The first-order valence-corrected chi connectivity index (χ1v) is 4.87. The van der Waals surface area contributed by atoms with Crippen LogP contribution in [0.2, 0.25) is 5.28 Å². The van der Waals surface area contributed by atoms with Gasteiger partial charge in [-0.15, -0.1) is 0 Å². The van der Waals surface area contributed by atoms with Crippen molar-refractivity contribution >= 4 is 17.3 Å². The SMILES string of the molecule is O=[N+]([O-])c1cn(-c2cnc(Cl)nc2)nc1C(F)F. The minimum absolute atomic E-state index is 0.0329. The summed E-state index contributed by atoms with van der Waals surface area (Å²) < 4.78 is 26.0. The predicted octanol–water partition coefficient (Wildman–Crippen LogP) is 2.16. The lowest BCUT2D eigenvalue weighted by atomic mass is 10.4. The third-order valence-corrected chi connectivity index (χ3v) is 2.19. The Bertz CT molecular complexity index is 586. The van der Waals surface area contributed by atoms with Gasteiger partial charge in [-0.1, -0.05) is 0 Å². The summed E-state index contributed by atoms with van der Waals surface area (Å²) in [6, 6.07) is 0. The molecule has 0 aromatic carbocycles. The lowest BCUT2D eigenvalue weighted by molar-refractivity contribution is -0.386. The molecule has 0 aliphatic rings. The maximum absolute atomic E-state index is 12.5. The fourth-order valence-corrected chi connectivity index (χ4v) is 1.33. The molecular formula is C8H4ClF2N5O2. The van der Waals surface area contributed by atoms with Crippen molar-refractivity contribution in [2.75, 3.05) is 0 Å². The molecule has 0 saturated carbocycles. The van der Waals surface area contributed by atoms with Gasteiger partial charge in [-0.25, -0.2) is 23.4 Å². The first kappa shape index (κ1) is 12.3. The highest BCUT2D eigenvalue weighted by Crippen LogP contribution is 2.28. The molecular weight excluding hydrogens is 272 g/mol. The van der Waals surface area contributed by atoms with Crippen molar-refractivity contribution in [3.63, 3.8) is 0 Å². The van der Waals surface area contributed by atoms with Crippen molar-refractivity contribution < 1.29 is 13.7 Å².